The van der Waals surface area contributed by atoms with Gasteiger partial charge in [-0.3, -0.25) is 4.79 Å². The first-order chi connectivity index (χ1) is 9.35. The summed E-state index contributed by atoms with van der Waals surface area (Å²) in [6.07, 6.45) is 0.819. The molecule has 108 valence electrons. The van der Waals surface area contributed by atoms with E-state index in [9.17, 15) is 9.59 Å². The molecule has 0 aromatic heterocycles. The average molecular weight is 340 g/mol. The zero-order valence-corrected chi connectivity index (χ0v) is 13.4. The van der Waals surface area contributed by atoms with E-state index in [1.54, 1.807) is 13.8 Å². The molecule has 1 aromatic carbocycles. The van der Waals surface area contributed by atoms with E-state index < -0.39 is 11.5 Å². The monoisotopic (exact) mass is 339 g/mol. The summed E-state index contributed by atoms with van der Waals surface area (Å²) in [7, 11) is 1.32. The molecule has 1 fully saturated rings. The minimum Gasteiger partial charge on any atom is -0.467 e. The van der Waals surface area contributed by atoms with E-state index in [4.69, 9.17) is 0 Å². The zero-order valence-electron chi connectivity index (χ0n) is 11.8. The number of hydrogen-bond donors (Lipinski definition) is 1. The van der Waals surface area contributed by atoms with Crippen LogP contribution in [0.1, 0.15) is 31.7 Å². The Kier molecular flexibility index (Phi) is 4.18. The predicted octanol–water partition coefficient (Wildman–Crippen LogP) is 2.62. The Morgan fingerprint density at radius 2 is 2.10 bits per heavy atom. The summed E-state index contributed by atoms with van der Waals surface area (Å²) < 4.78 is 5.69. The van der Waals surface area contributed by atoms with Gasteiger partial charge in [-0.1, -0.05) is 28.1 Å². The first-order valence-electron chi connectivity index (χ1n) is 6.51. The third-order valence-electron chi connectivity index (χ3n) is 3.54. The summed E-state index contributed by atoms with van der Waals surface area (Å²) >= 11 is 3.43. The van der Waals surface area contributed by atoms with Crippen LogP contribution in [0.3, 0.4) is 0 Å². The van der Waals surface area contributed by atoms with Crippen molar-refractivity contribution in [2.75, 3.05) is 7.11 Å². The minimum atomic E-state index is -0.990. The molecule has 1 aliphatic rings. The molecule has 0 spiro atoms. The van der Waals surface area contributed by atoms with Crippen LogP contribution in [-0.4, -0.2) is 24.5 Å². The van der Waals surface area contributed by atoms with E-state index in [1.165, 1.54) is 7.11 Å². The molecule has 1 aromatic rings. The fourth-order valence-corrected chi connectivity index (χ4v) is 2.71. The maximum absolute atomic E-state index is 12.2. The number of ether oxygens (including phenoxy) is 1. The number of esters is 1. The topological polar surface area (TPSA) is 55.4 Å². The number of amides is 1. The van der Waals surface area contributed by atoms with Crippen LogP contribution in [-0.2, 0) is 14.3 Å². The van der Waals surface area contributed by atoms with E-state index in [-0.39, 0.29) is 17.7 Å². The van der Waals surface area contributed by atoms with E-state index in [0.717, 1.165) is 16.5 Å². The van der Waals surface area contributed by atoms with Crippen molar-refractivity contribution in [2.24, 2.45) is 5.92 Å². The first kappa shape index (κ1) is 15.0. The fourth-order valence-electron chi connectivity index (χ4n) is 2.30. The van der Waals surface area contributed by atoms with Crippen LogP contribution in [0.5, 0.6) is 0 Å². The van der Waals surface area contributed by atoms with Gasteiger partial charge in [0.2, 0.25) is 5.91 Å². The highest BCUT2D eigenvalue weighted by Gasteiger charge is 2.46. The van der Waals surface area contributed by atoms with Gasteiger partial charge in [0.15, 0.2) is 0 Å². The highest BCUT2D eigenvalue weighted by molar-refractivity contribution is 9.10. The predicted molar refractivity (Wildman–Crippen MR) is 79.2 cm³/mol. The third-order valence-corrected chi connectivity index (χ3v) is 4.03. The Balaban J connectivity index is 1.98. The molecule has 1 aliphatic carbocycles. The minimum absolute atomic E-state index is 0.0618. The van der Waals surface area contributed by atoms with Crippen molar-refractivity contribution < 1.29 is 14.3 Å². The second kappa shape index (κ2) is 5.56. The summed E-state index contributed by atoms with van der Waals surface area (Å²) in [6, 6.07) is 7.98. The van der Waals surface area contributed by atoms with Gasteiger partial charge in [-0.05, 0) is 43.9 Å². The number of benzene rings is 1. The molecular formula is C15H18BrNO3. The molecule has 1 saturated carbocycles. The molecule has 1 N–H and O–H groups in total. The molecule has 2 rings (SSSR count). The van der Waals surface area contributed by atoms with Crippen LogP contribution in [0.4, 0.5) is 0 Å². The highest BCUT2D eigenvalue weighted by Crippen LogP contribution is 2.48. The Morgan fingerprint density at radius 3 is 2.70 bits per heavy atom. The molecule has 0 bridgehead atoms. The lowest BCUT2D eigenvalue weighted by Crippen LogP contribution is -2.51. The fraction of sp³-hybridized carbons (Fsp3) is 0.467. The molecule has 0 saturated heterocycles. The second-order valence-electron chi connectivity index (χ2n) is 5.61. The van der Waals surface area contributed by atoms with Crippen molar-refractivity contribution in [2.45, 2.75) is 31.7 Å². The number of carbonyl (C=O) groups is 2. The maximum atomic E-state index is 12.2. The van der Waals surface area contributed by atoms with Crippen LogP contribution in [0, 0.1) is 5.92 Å². The lowest BCUT2D eigenvalue weighted by Gasteiger charge is -2.23. The molecule has 0 unspecified atom stereocenters. The van der Waals surface area contributed by atoms with Crippen molar-refractivity contribution >= 4 is 27.8 Å². The smallest absolute Gasteiger partial charge is 0.330 e. The molecule has 2 atom stereocenters. The zero-order chi connectivity index (χ0) is 14.9. The number of nitrogens with one attached hydrogen (secondary N) is 1. The van der Waals surface area contributed by atoms with Crippen LogP contribution in [0.25, 0.3) is 0 Å². The molecule has 20 heavy (non-hydrogen) atoms. The second-order valence-corrected chi connectivity index (χ2v) is 6.53. The average Bonchev–Trinajstić information content (AvgIpc) is 3.17. The van der Waals surface area contributed by atoms with Crippen LogP contribution in [0.2, 0.25) is 0 Å². The van der Waals surface area contributed by atoms with Gasteiger partial charge in [0.05, 0.1) is 7.11 Å². The quantitative estimate of drug-likeness (QED) is 0.858. The summed E-state index contributed by atoms with van der Waals surface area (Å²) in [6.45, 7) is 3.29. The van der Waals surface area contributed by atoms with Gasteiger partial charge in [-0.25, -0.2) is 4.79 Å². The summed E-state index contributed by atoms with van der Waals surface area (Å²) in [4.78, 5) is 23.7. The third kappa shape index (κ3) is 3.20. The lowest BCUT2D eigenvalue weighted by molar-refractivity contribution is -0.149. The van der Waals surface area contributed by atoms with Gasteiger partial charge < -0.3 is 10.1 Å². The van der Waals surface area contributed by atoms with Crippen molar-refractivity contribution in [1.29, 1.82) is 0 Å². The molecule has 4 nitrogen and oxygen atoms in total. The Bertz CT molecular complexity index is 542. The largest absolute Gasteiger partial charge is 0.467 e. The van der Waals surface area contributed by atoms with Gasteiger partial charge in [0.1, 0.15) is 5.54 Å². The SMILES string of the molecule is COC(=O)C(C)(C)NC(=O)[C@@H]1C[C@@H]1c1cccc(Br)c1. The first-order valence-corrected chi connectivity index (χ1v) is 7.30. The standard InChI is InChI=1S/C15H18BrNO3/c1-15(2,14(19)20-3)17-13(18)12-8-11(12)9-5-4-6-10(16)7-9/h4-7,11-12H,8H2,1-3H3,(H,17,18)/t11-,12-/m1/s1. The summed E-state index contributed by atoms with van der Waals surface area (Å²) in [5, 5.41) is 2.76. The van der Waals surface area contributed by atoms with Crippen LogP contribution < -0.4 is 5.32 Å². The number of halogens is 1. The number of hydrogen-bond acceptors (Lipinski definition) is 3. The van der Waals surface area contributed by atoms with Gasteiger partial charge in [0.25, 0.3) is 0 Å². The molecule has 0 heterocycles. The molecular weight excluding hydrogens is 322 g/mol. The molecule has 0 aliphatic heterocycles. The lowest BCUT2D eigenvalue weighted by atomic mass is 10.0. The molecule has 5 heteroatoms. The van der Waals surface area contributed by atoms with Crippen LogP contribution >= 0.6 is 15.9 Å². The Hall–Kier alpha value is -1.36. The molecule has 0 radical (unpaired) electrons. The van der Waals surface area contributed by atoms with E-state index in [1.807, 2.05) is 24.3 Å². The summed E-state index contributed by atoms with van der Waals surface area (Å²) in [5.74, 6) is -0.356. The number of methoxy groups -OCH3 is 1. The summed E-state index contributed by atoms with van der Waals surface area (Å²) in [5.41, 5.74) is 0.159. The Labute approximate surface area is 127 Å². The van der Waals surface area contributed by atoms with E-state index in [0.29, 0.717) is 0 Å². The van der Waals surface area contributed by atoms with Crippen molar-refractivity contribution in [3.8, 4) is 0 Å². The van der Waals surface area contributed by atoms with Crippen LogP contribution in [0.15, 0.2) is 28.7 Å². The van der Waals surface area contributed by atoms with Gasteiger partial charge in [-0.2, -0.15) is 0 Å². The van der Waals surface area contributed by atoms with Gasteiger partial charge in [-0.15, -0.1) is 0 Å². The van der Waals surface area contributed by atoms with Crippen molar-refractivity contribution in [1.82, 2.24) is 5.32 Å². The maximum Gasteiger partial charge on any atom is 0.330 e. The van der Waals surface area contributed by atoms with Crippen molar-refractivity contribution in [3.05, 3.63) is 34.3 Å². The van der Waals surface area contributed by atoms with Gasteiger partial charge >= 0.3 is 5.97 Å². The number of carbonyl (C=O) groups excluding carboxylic acids is 2. The van der Waals surface area contributed by atoms with E-state index >= 15 is 0 Å². The Morgan fingerprint density at radius 1 is 1.40 bits per heavy atom. The molecule has 1 amide bonds. The van der Waals surface area contributed by atoms with Gasteiger partial charge in [0, 0.05) is 10.4 Å². The van der Waals surface area contributed by atoms with E-state index in [2.05, 4.69) is 26.0 Å². The number of rotatable bonds is 4. The highest BCUT2D eigenvalue weighted by atomic mass is 79.9. The van der Waals surface area contributed by atoms with Crippen molar-refractivity contribution in [3.63, 3.8) is 0 Å². The normalized spacial score (nSPS) is 21.2.